The number of aryl methyl sites for hydroxylation is 2. The molecule has 0 bridgehead atoms. The van der Waals surface area contributed by atoms with Crippen molar-refractivity contribution in [2.24, 2.45) is 5.41 Å². The van der Waals surface area contributed by atoms with Gasteiger partial charge in [0.15, 0.2) is 5.82 Å². The van der Waals surface area contributed by atoms with Gasteiger partial charge in [0.25, 0.3) is 0 Å². The van der Waals surface area contributed by atoms with Crippen LogP contribution in [0.4, 0.5) is 0 Å². The molecule has 2 heterocycles. The van der Waals surface area contributed by atoms with Crippen LogP contribution in [0, 0.1) is 5.41 Å². The van der Waals surface area contributed by atoms with Crippen molar-refractivity contribution in [3.05, 3.63) is 28.2 Å². The Balaban J connectivity index is 1.96. The smallest absolute Gasteiger partial charge is 0.311 e. The third-order valence-corrected chi connectivity index (χ3v) is 4.74. The lowest BCUT2D eigenvalue weighted by Gasteiger charge is -2.22. The minimum absolute atomic E-state index is 0.306. The maximum Gasteiger partial charge on any atom is 0.311 e. The highest BCUT2D eigenvalue weighted by Gasteiger charge is 2.32. The van der Waals surface area contributed by atoms with E-state index >= 15 is 0 Å². The number of aromatic nitrogens is 4. The number of thiophene rings is 1. The van der Waals surface area contributed by atoms with Crippen LogP contribution in [0.25, 0.3) is 0 Å². The fourth-order valence-electron chi connectivity index (χ4n) is 2.06. The summed E-state index contributed by atoms with van der Waals surface area (Å²) in [5.74, 6) is -0.0579. The Morgan fingerprint density at radius 1 is 1.48 bits per heavy atom. The second-order valence-electron chi connectivity index (χ2n) is 5.41. The predicted octanol–water partition coefficient (Wildman–Crippen LogP) is 2.41. The minimum Gasteiger partial charge on any atom is -0.481 e. The van der Waals surface area contributed by atoms with Crippen molar-refractivity contribution >= 4 is 17.3 Å². The normalized spacial score (nSPS) is 14.0. The molecule has 0 aliphatic rings. The molecule has 1 unspecified atom stereocenters. The summed E-state index contributed by atoms with van der Waals surface area (Å²) < 4.78 is 1.63. The summed E-state index contributed by atoms with van der Waals surface area (Å²) in [7, 11) is 0. The summed E-state index contributed by atoms with van der Waals surface area (Å²) in [6.07, 6.45) is 3.24. The molecule has 0 saturated carbocycles. The predicted molar refractivity (Wildman–Crippen MR) is 80.2 cm³/mol. The van der Waals surface area contributed by atoms with Crippen molar-refractivity contribution in [1.82, 2.24) is 20.2 Å². The lowest BCUT2D eigenvalue weighted by atomic mass is 9.88. The summed E-state index contributed by atoms with van der Waals surface area (Å²) in [6, 6.07) is 4.16. The molecule has 21 heavy (non-hydrogen) atoms. The van der Waals surface area contributed by atoms with Crippen molar-refractivity contribution in [2.75, 3.05) is 0 Å². The van der Waals surface area contributed by atoms with Crippen LogP contribution in [-0.4, -0.2) is 31.3 Å². The standard InChI is InChI=1S/C14H20N4O2S/c1-3-14(2,13(19)20)10-18-12(15-16-17-18)8-4-6-11-7-5-9-21-11/h5,7,9H,3-4,6,8,10H2,1-2H3,(H,19,20). The van der Waals surface area contributed by atoms with Gasteiger partial charge in [0.2, 0.25) is 0 Å². The summed E-state index contributed by atoms with van der Waals surface area (Å²) in [5.41, 5.74) is -0.835. The van der Waals surface area contributed by atoms with E-state index in [0.717, 1.165) is 25.1 Å². The number of nitrogens with zero attached hydrogens (tertiary/aromatic N) is 4. The molecule has 0 aliphatic carbocycles. The zero-order valence-electron chi connectivity index (χ0n) is 12.3. The maximum absolute atomic E-state index is 11.4. The molecule has 0 fully saturated rings. The first-order valence-electron chi connectivity index (χ1n) is 7.06. The molecular weight excluding hydrogens is 288 g/mol. The molecule has 0 aliphatic heterocycles. The van der Waals surface area contributed by atoms with Gasteiger partial charge in [0.05, 0.1) is 12.0 Å². The van der Waals surface area contributed by atoms with Crippen LogP contribution >= 0.6 is 11.3 Å². The molecular formula is C14H20N4O2S. The summed E-state index contributed by atoms with van der Waals surface area (Å²) >= 11 is 1.75. The van der Waals surface area contributed by atoms with Gasteiger partial charge in [0, 0.05) is 11.3 Å². The molecule has 0 radical (unpaired) electrons. The highest BCUT2D eigenvalue weighted by atomic mass is 32.1. The molecule has 2 aromatic heterocycles. The molecule has 0 saturated heterocycles. The van der Waals surface area contributed by atoms with Crippen molar-refractivity contribution in [2.45, 2.75) is 46.1 Å². The second-order valence-corrected chi connectivity index (χ2v) is 6.44. The highest BCUT2D eigenvalue weighted by Crippen LogP contribution is 2.24. The minimum atomic E-state index is -0.835. The van der Waals surface area contributed by atoms with E-state index in [1.165, 1.54) is 4.88 Å². The SMILES string of the molecule is CCC(C)(Cn1nnnc1CCCc1cccs1)C(=O)O. The number of carbonyl (C=O) groups is 1. The van der Waals surface area contributed by atoms with Crippen LogP contribution in [0.1, 0.15) is 37.4 Å². The van der Waals surface area contributed by atoms with Crippen molar-refractivity contribution in [3.63, 3.8) is 0 Å². The lowest BCUT2D eigenvalue weighted by molar-refractivity contribution is -0.149. The molecule has 114 valence electrons. The first-order chi connectivity index (χ1) is 10.0. The number of hydrogen-bond acceptors (Lipinski definition) is 5. The van der Waals surface area contributed by atoms with Crippen LogP contribution in [0.3, 0.4) is 0 Å². The third-order valence-electron chi connectivity index (χ3n) is 3.81. The van der Waals surface area contributed by atoms with E-state index < -0.39 is 11.4 Å². The van der Waals surface area contributed by atoms with E-state index in [-0.39, 0.29) is 0 Å². The van der Waals surface area contributed by atoms with Crippen LogP contribution in [-0.2, 0) is 24.2 Å². The first-order valence-corrected chi connectivity index (χ1v) is 7.94. The molecule has 2 rings (SSSR count). The maximum atomic E-state index is 11.4. The van der Waals surface area contributed by atoms with Crippen molar-refractivity contribution in [3.8, 4) is 0 Å². The van der Waals surface area contributed by atoms with Gasteiger partial charge in [-0.25, -0.2) is 4.68 Å². The number of aliphatic carboxylic acids is 1. The molecule has 7 heteroatoms. The Kier molecular flexibility index (Phi) is 5.06. The summed E-state index contributed by atoms with van der Waals surface area (Å²) in [4.78, 5) is 12.7. The Hall–Kier alpha value is -1.76. The number of carboxylic acids is 1. The molecule has 0 spiro atoms. The zero-order chi connectivity index (χ0) is 15.3. The number of rotatable bonds is 8. The topological polar surface area (TPSA) is 80.9 Å². The monoisotopic (exact) mass is 308 g/mol. The second kappa shape index (κ2) is 6.80. The number of tetrazole rings is 1. The highest BCUT2D eigenvalue weighted by molar-refractivity contribution is 7.09. The Labute approximate surface area is 127 Å². The fourth-order valence-corrected chi connectivity index (χ4v) is 2.81. The average Bonchev–Trinajstić information content (AvgIpc) is 3.11. The third kappa shape index (κ3) is 3.87. The van der Waals surface area contributed by atoms with E-state index in [1.54, 1.807) is 22.9 Å². The van der Waals surface area contributed by atoms with Gasteiger partial charge in [0.1, 0.15) is 0 Å². The number of hydrogen-bond donors (Lipinski definition) is 1. The average molecular weight is 308 g/mol. The number of carboxylic acid groups (broad SMARTS) is 1. The van der Waals surface area contributed by atoms with Crippen LogP contribution in [0.5, 0.6) is 0 Å². The molecule has 1 atom stereocenters. The van der Waals surface area contributed by atoms with Gasteiger partial charge >= 0.3 is 5.97 Å². The van der Waals surface area contributed by atoms with E-state index in [2.05, 4.69) is 27.0 Å². The molecule has 1 N–H and O–H groups in total. The van der Waals surface area contributed by atoms with E-state index in [4.69, 9.17) is 0 Å². The summed E-state index contributed by atoms with van der Waals surface area (Å²) in [5, 5.41) is 23.1. The fraction of sp³-hybridized carbons (Fsp3) is 0.571. The van der Waals surface area contributed by atoms with Gasteiger partial charge in [-0.1, -0.05) is 13.0 Å². The van der Waals surface area contributed by atoms with Crippen LogP contribution in [0.2, 0.25) is 0 Å². The zero-order valence-corrected chi connectivity index (χ0v) is 13.1. The van der Waals surface area contributed by atoms with Crippen molar-refractivity contribution < 1.29 is 9.90 Å². The van der Waals surface area contributed by atoms with E-state index in [1.807, 2.05) is 13.0 Å². The molecule has 0 aromatic carbocycles. The first kappa shape index (κ1) is 15.6. The van der Waals surface area contributed by atoms with Gasteiger partial charge in [-0.15, -0.1) is 16.4 Å². The van der Waals surface area contributed by atoms with Gasteiger partial charge in [-0.3, -0.25) is 4.79 Å². The quantitative estimate of drug-likeness (QED) is 0.810. The summed E-state index contributed by atoms with van der Waals surface area (Å²) in [6.45, 7) is 3.90. The Morgan fingerprint density at radius 3 is 2.90 bits per heavy atom. The van der Waals surface area contributed by atoms with E-state index in [9.17, 15) is 9.90 Å². The van der Waals surface area contributed by atoms with E-state index in [0.29, 0.717) is 13.0 Å². The van der Waals surface area contributed by atoms with Crippen LogP contribution < -0.4 is 0 Å². The van der Waals surface area contributed by atoms with Gasteiger partial charge in [-0.05, 0) is 48.1 Å². The van der Waals surface area contributed by atoms with Crippen molar-refractivity contribution in [1.29, 1.82) is 0 Å². The Bertz CT molecular complexity index is 582. The molecule has 6 nitrogen and oxygen atoms in total. The lowest BCUT2D eigenvalue weighted by Crippen LogP contribution is -2.33. The van der Waals surface area contributed by atoms with Gasteiger partial charge < -0.3 is 5.11 Å². The Morgan fingerprint density at radius 2 is 2.29 bits per heavy atom. The molecule has 2 aromatic rings. The van der Waals surface area contributed by atoms with Crippen LogP contribution in [0.15, 0.2) is 17.5 Å². The van der Waals surface area contributed by atoms with Gasteiger partial charge in [-0.2, -0.15) is 0 Å². The molecule has 0 amide bonds. The largest absolute Gasteiger partial charge is 0.481 e.